The smallest absolute Gasteiger partial charge is 0.00669 e. The van der Waals surface area contributed by atoms with Crippen LogP contribution in [0.5, 0.6) is 0 Å². The normalized spacial score (nSPS) is 22.3. The Balaban J connectivity index is 1.92. The van der Waals surface area contributed by atoms with Gasteiger partial charge >= 0.3 is 0 Å². The standard InChI is InChI=1S/C16H34N2/c1-15-9-5-6-13-18(15)14-8-12-17-11-7-10-16(2,3)4/h15,17H,5-14H2,1-4H3. The third-order valence-electron chi connectivity index (χ3n) is 4.02. The van der Waals surface area contributed by atoms with Crippen LogP contribution in [0.1, 0.15) is 66.2 Å². The van der Waals surface area contributed by atoms with Crippen molar-refractivity contribution in [3.63, 3.8) is 0 Å². The molecule has 18 heavy (non-hydrogen) atoms. The lowest BCUT2D eigenvalue weighted by Crippen LogP contribution is -2.38. The van der Waals surface area contributed by atoms with E-state index < -0.39 is 0 Å². The average molecular weight is 254 g/mol. The van der Waals surface area contributed by atoms with Gasteiger partial charge in [0.15, 0.2) is 0 Å². The van der Waals surface area contributed by atoms with E-state index in [2.05, 4.69) is 37.9 Å². The predicted molar refractivity (Wildman–Crippen MR) is 81.1 cm³/mol. The zero-order valence-electron chi connectivity index (χ0n) is 13.1. The monoisotopic (exact) mass is 254 g/mol. The lowest BCUT2D eigenvalue weighted by atomic mass is 9.91. The Morgan fingerprint density at radius 1 is 1.11 bits per heavy atom. The second kappa shape index (κ2) is 8.16. The molecule has 1 heterocycles. The van der Waals surface area contributed by atoms with Crippen LogP contribution in [0.3, 0.4) is 0 Å². The van der Waals surface area contributed by atoms with Crippen LogP contribution < -0.4 is 5.32 Å². The van der Waals surface area contributed by atoms with Crippen molar-refractivity contribution >= 4 is 0 Å². The van der Waals surface area contributed by atoms with E-state index in [-0.39, 0.29) is 0 Å². The van der Waals surface area contributed by atoms with Crippen LogP contribution in [-0.2, 0) is 0 Å². The fourth-order valence-electron chi connectivity index (χ4n) is 2.77. The van der Waals surface area contributed by atoms with Crippen LogP contribution in [0.25, 0.3) is 0 Å². The van der Waals surface area contributed by atoms with Gasteiger partial charge in [0.25, 0.3) is 0 Å². The maximum atomic E-state index is 3.59. The fraction of sp³-hybridized carbons (Fsp3) is 1.00. The van der Waals surface area contributed by atoms with Crippen LogP contribution in [0.4, 0.5) is 0 Å². The molecule has 0 spiro atoms. The van der Waals surface area contributed by atoms with Gasteiger partial charge < -0.3 is 10.2 Å². The second-order valence-electron chi connectivity index (χ2n) is 7.15. The first kappa shape index (κ1) is 16.0. The Morgan fingerprint density at radius 2 is 1.83 bits per heavy atom. The van der Waals surface area contributed by atoms with Crippen molar-refractivity contribution < 1.29 is 0 Å². The van der Waals surface area contributed by atoms with Gasteiger partial charge in [0.2, 0.25) is 0 Å². The van der Waals surface area contributed by atoms with Gasteiger partial charge in [-0.2, -0.15) is 0 Å². The molecule has 1 unspecified atom stereocenters. The van der Waals surface area contributed by atoms with E-state index in [9.17, 15) is 0 Å². The van der Waals surface area contributed by atoms with Crippen LogP contribution in [0.2, 0.25) is 0 Å². The highest BCUT2D eigenvalue weighted by atomic mass is 15.2. The zero-order chi connectivity index (χ0) is 13.4. The molecule has 0 saturated carbocycles. The van der Waals surface area contributed by atoms with Gasteiger partial charge in [-0.05, 0) is 70.6 Å². The summed E-state index contributed by atoms with van der Waals surface area (Å²) in [6, 6.07) is 0.819. The first-order valence-electron chi connectivity index (χ1n) is 7.94. The molecule has 1 aliphatic rings. The van der Waals surface area contributed by atoms with E-state index in [4.69, 9.17) is 0 Å². The van der Waals surface area contributed by atoms with Gasteiger partial charge in [0.1, 0.15) is 0 Å². The molecule has 1 N–H and O–H groups in total. The highest BCUT2D eigenvalue weighted by molar-refractivity contribution is 4.73. The van der Waals surface area contributed by atoms with Crippen molar-refractivity contribution in [1.82, 2.24) is 10.2 Å². The quantitative estimate of drug-likeness (QED) is 0.697. The molecule has 1 rings (SSSR count). The van der Waals surface area contributed by atoms with Crippen LogP contribution in [-0.4, -0.2) is 37.1 Å². The van der Waals surface area contributed by atoms with Gasteiger partial charge in [-0.25, -0.2) is 0 Å². The molecule has 0 amide bonds. The van der Waals surface area contributed by atoms with Crippen molar-refractivity contribution in [3.05, 3.63) is 0 Å². The summed E-state index contributed by atoms with van der Waals surface area (Å²) in [5, 5.41) is 3.59. The fourth-order valence-corrected chi connectivity index (χ4v) is 2.77. The summed E-state index contributed by atoms with van der Waals surface area (Å²) in [4.78, 5) is 2.67. The Bertz CT molecular complexity index is 208. The summed E-state index contributed by atoms with van der Waals surface area (Å²) in [5.74, 6) is 0. The summed E-state index contributed by atoms with van der Waals surface area (Å²) in [7, 11) is 0. The number of rotatable bonds is 7. The number of nitrogens with one attached hydrogen (secondary N) is 1. The minimum absolute atomic E-state index is 0.491. The zero-order valence-corrected chi connectivity index (χ0v) is 13.1. The summed E-state index contributed by atoms with van der Waals surface area (Å²) in [6.07, 6.45) is 8.18. The summed E-state index contributed by atoms with van der Waals surface area (Å²) >= 11 is 0. The van der Waals surface area contributed by atoms with Crippen molar-refractivity contribution in [2.75, 3.05) is 26.2 Å². The van der Waals surface area contributed by atoms with Crippen LogP contribution in [0, 0.1) is 5.41 Å². The Labute approximate surface area is 115 Å². The summed E-state index contributed by atoms with van der Waals surface area (Å²) in [6.45, 7) is 14.3. The molecule has 1 atom stereocenters. The molecule has 0 aliphatic carbocycles. The number of piperidine rings is 1. The number of hydrogen-bond acceptors (Lipinski definition) is 2. The molecule has 1 saturated heterocycles. The number of likely N-dealkylation sites (tertiary alicyclic amines) is 1. The highest BCUT2D eigenvalue weighted by Gasteiger charge is 2.16. The van der Waals surface area contributed by atoms with Gasteiger partial charge in [-0.15, -0.1) is 0 Å². The lowest BCUT2D eigenvalue weighted by molar-refractivity contribution is 0.159. The molecule has 2 nitrogen and oxygen atoms in total. The van der Waals surface area contributed by atoms with E-state index in [0.717, 1.165) is 6.04 Å². The van der Waals surface area contributed by atoms with E-state index in [0.29, 0.717) is 5.41 Å². The van der Waals surface area contributed by atoms with E-state index >= 15 is 0 Å². The van der Waals surface area contributed by atoms with Crippen molar-refractivity contribution in [1.29, 1.82) is 0 Å². The van der Waals surface area contributed by atoms with Crippen molar-refractivity contribution in [3.8, 4) is 0 Å². The van der Waals surface area contributed by atoms with Gasteiger partial charge in [0.05, 0.1) is 0 Å². The molecular weight excluding hydrogens is 220 g/mol. The van der Waals surface area contributed by atoms with Gasteiger partial charge in [-0.1, -0.05) is 27.2 Å². The molecule has 1 fully saturated rings. The van der Waals surface area contributed by atoms with Crippen molar-refractivity contribution in [2.45, 2.75) is 72.3 Å². The maximum Gasteiger partial charge on any atom is 0.00669 e. The largest absolute Gasteiger partial charge is 0.317 e. The maximum absolute atomic E-state index is 3.59. The average Bonchev–Trinajstić information content (AvgIpc) is 2.28. The van der Waals surface area contributed by atoms with E-state index in [1.807, 2.05) is 0 Å². The molecular formula is C16H34N2. The topological polar surface area (TPSA) is 15.3 Å². The first-order chi connectivity index (χ1) is 8.49. The summed E-state index contributed by atoms with van der Waals surface area (Å²) < 4.78 is 0. The second-order valence-corrected chi connectivity index (χ2v) is 7.15. The third-order valence-corrected chi connectivity index (χ3v) is 4.02. The minimum atomic E-state index is 0.491. The molecule has 108 valence electrons. The van der Waals surface area contributed by atoms with Crippen molar-refractivity contribution in [2.24, 2.45) is 5.41 Å². The van der Waals surface area contributed by atoms with Gasteiger partial charge in [0, 0.05) is 6.04 Å². The molecule has 0 aromatic carbocycles. The van der Waals surface area contributed by atoms with Crippen LogP contribution in [0.15, 0.2) is 0 Å². The van der Waals surface area contributed by atoms with Crippen LogP contribution >= 0.6 is 0 Å². The first-order valence-corrected chi connectivity index (χ1v) is 7.94. The Morgan fingerprint density at radius 3 is 2.50 bits per heavy atom. The van der Waals surface area contributed by atoms with E-state index in [1.165, 1.54) is 64.7 Å². The van der Waals surface area contributed by atoms with Gasteiger partial charge in [-0.3, -0.25) is 0 Å². The molecule has 1 aliphatic heterocycles. The summed E-state index contributed by atoms with van der Waals surface area (Å²) in [5.41, 5.74) is 0.491. The minimum Gasteiger partial charge on any atom is -0.317 e. The molecule has 0 aromatic heterocycles. The highest BCUT2D eigenvalue weighted by Crippen LogP contribution is 2.19. The number of nitrogens with zero attached hydrogens (tertiary/aromatic N) is 1. The molecule has 0 aromatic rings. The Kier molecular flexibility index (Phi) is 7.25. The predicted octanol–water partition coefficient (Wildman–Crippen LogP) is 3.67. The Hall–Kier alpha value is -0.0800. The number of hydrogen-bond donors (Lipinski definition) is 1. The molecule has 2 heteroatoms. The molecule has 0 bridgehead atoms. The lowest BCUT2D eigenvalue weighted by Gasteiger charge is -2.33. The third kappa shape index (κ3) is 7.38. The molecule has 0 radical (unpaired) electrons. The van der Waals surface area contributed by atoms with E-state index in [1.54, 1.807) is 0 Å². The SMILES string of the molecule is CC1CCCCN1CCCNCCCC(C)(C)C.